The van der Waals surface area contributed by atoms with Gasteiger partial charge in [-0.3, -0.25) is 9.59 Å². The molecular formula is C33H26N4O2. The molecule has 1 heterocycles. The van der Waals surface area contributed by atoms with E-state index in [-0.39, 0.29) is 0 Å². The Kier molecular flexibility index (Phi) is 6.13. The summed E-state index contributed by atoms with van der Waals surface area (Å²) in [4.78, 5) is 28.3. The molecular weight excluding hydrogens is 484 g/mol. The molecule has 5 aromatic rings. The van der Waals surface area contributed by atoms with Gasteiger partial charge in [0, 0.05) is 16.8 Å². The minimum absolute atomic E-state index is 0.394. The summed E-state index contributed by atoms with van der Waals surface area (Å²) in [7, 11) is 0. The Balaban J connectivity index is 1.57. The van der Waals surface area contributed by atoms with Crippen molar-refractivity contribution in [2.75, 3.05) is 10.3 Å². The van der Waals surface area contributed by atoms with Crippen molar-refractivity contribution in [2.45, 2.75) is 12.6 Å². The molecule has 0 aromatic heterocycles. The van der Waals surface area contributed by atoms with Crippen LogP contribution in [-0.4, -0.2) is 23.2 Å². The number of fused-ring (bicyclic) bond motifs is 1. The fourth-order valence-electron chi connectivity index (χ4n) is 4.85. The van der Waals surface area contributed by atoms with Gasteiger partial charge in [0.2, 0.25) is 5.66 Å². The number of para-hydroxylation sites is 2. The smallest absolute Gasteiger partial charge is 0.300 e. The van der Waals surface area contributed by atoms with E-state index in [0.717, 1.165) is 21.9 Å². The standard InChI is InChI=1S/C33H26N4O2/c1-23-19-21-25(22-20-23)31(38)35-33(34-26-13-4-2-5-14-26)30(29-18-10-12-24-11-8-9-17-28(24)29)36-37(32(33)39)27-15-6-3-7-16-27/h2-22,34H,1H3,(H,35,38). The zero-order chi connectivity index (χ0) is 26.8. The number of carbonyl (C=O) groups is 2. The molecule has 190 valence electrons. The van der Waals surface area contributed by atoms with E-state index in [1.807, 2.05) is 122 Å². The largest absolute Gasteiger partial charge is 0.350 e. The van der Waals surface area contributed by atoms with Crippen molar-refractivity contribution >= 4 is 39.7 Å². The summed E-state index contributed by atoms with van der Waals surface area (Å²) in [5.74, 6) is -0.810. The number of nitrogens with one attached hydrogen (secondary N) is 2. The lowest BCUT2D eigenvalue weighted by Crippen LogP contribution is -2.65. The average molecular weight is 511 g/mol. The molecule has 0 aliphatic carbocycles. The van der Waals surface area contributed by atoms with Crippen LogP contribution in [0.2, 0.25) is 0 Å². The van der Waals surface area contributed by atoms with Gasteiger partial charge in [-0.25, -0.2) is 0 Å². The molecule has 0 bridgehead atoms. The third-order valence-corrected chi connectivity index (χ3v) is 6.83. The van der Waals surface area contributed by atoms with E-state index in [1.54, 1.807) is 12.1 Å². The highest BCUT2D eigenvalue weighted by molar-refractivity contribution is 6.33. The van der Waals surface area contributed by atoms with E-state index >= 15 is 0 Å². The molecule has 1 unspecified atom stereocenters. The predicted molar refractivity (Wildman–Crippen MR) is 156 cm³/mol. The third-order valence-electron chi connectivity index (χ3n) is 6.83. The zero-order valence-corrected chi connectivity index (χ0v) is 21.3. The predicted octanol–water partition coefficient (Wildman–Crippen LogP) is 6.14. The Morgan fingerprint density at radius 3 is 2.13 bits per heavy atom. The number of hydrogen-bond donors (Lipinski definition) is 2. The second-order valence-corrected chi connectivity index (χ2v) is 9.49. The first-order valence-corrected chi connectivity index (χ1v) is 12.7. The zero-order valence-electron chi connectivity index (χ0n) is 21.3. The molecule has 1 aliphatic rings. The number of amides is 2. The number of rotatable bonds is 6. The highest BCUT2D eigenvalue weighted by atomic mass is 16.2. The van der Waals surface area contributed by atoms with Crippen LogP contribution in [0.5, 0.6) is 0 Å². The molecule has 0 spiro atoms. The van der Waals surface area contributed by atoms with E-state index in [2.05, 4.69) is 10.6 Å². The van der Waals surface area contributed by atoms with Crippen molar-refractivity contribution in [2.24, 2.45) is 5.10 Å². The number of hydrogen-bond acceptors (Lipinski definition) is 4. The topological polar surface area (TPSA) is 73.8 Å². The van der Waals surface area contributed by atoms with Crippen LogP contribution in [0.3, 0.4) is 0 Å². The van der Waals surface area contributed by atoms with Gasteiger partial charge in [0.25, 0.3) is 5.91 Å². The second kappa shape index (κ2) is 9.91. The van der Waals surface area contributed by atoms with Crippen LogP contribution < -0.4 is 15.6 Å². The molecule has 1 atom stereocenters. The van der Waals surface area contributed by atoms with Crippen molar-refractivity contribution in [1.29, 1.82) is 0 Å². The Labute approximate surface area is 226 Å². The van der Waals surface area contributed by atoms with Crippen molar-refractivity contribution in [1.82, 2.24) is 5.32 Å². The fourth-order valence-corrected chi connectivity index (χ4v) is 4.85. The Morgan fingerprint density at radius 2 is 1.38 bits per heavy atom. The number of aryl methyl sites for hydroxylation is 1. The first-order chi connectivity index (χ1) is 19.0. The lowest BCUT2D eigenvalue weighted by atomic mass is 9.91. The summed E-state index contributed by atoms with van der Waals surface area (Å²) >= 11 is 0. The van der Waals surface area contributed by atoms with Crippen LogP contribution in [0.25, 0.3) is 10.8 Å². The molecule has 2 amide bonds. The first kappa shape index (κ1) is 24.1. The van der Waals surface area contributed by atoms with Crippen LogP contribution >= 0.6 is 0 Å². The molecule has 6 heteroatoms. The van der Waals surface area contributed by atoms with Crippen LogP contribution in [0.4, 0.5) is 11.4 Å². The molecule has 0 saturated heterocycles. The maximum Gasteiger partial charge on any atom is 0.300 e. The van der Waals surface area contributed by atoms with Gasteiger partial charge < -0.3 is 10.6 Å². The summed E-state index contributed by atoms with van der Waals surface area (Å²) in [6, 6.07) is 39.7. The van der Waals surface area contributed by atoms with Crippen LogP contribution in [0, 0.1) is 6.92 Å². The van der Waals surface area contributed by atoms with E-state index in [9.17, 15) is 9.59 Å². The van der Waals surface area contributed by atoms with Crippen molar-refractivity contribution < 1.29 is 9.59 Å². The third kappa shape index (κ3) is 4.42. The van der Waals surface area contributed by atoms with E-state index < -0.39 is 17.5 Å². The molecule has 2 N–H and O–H groups in total. The van der Waals surface area contributed by atoms with Crippen molar-refractivity contribution in [3.05, 3.63) is 144 Å². The van der Waals surface area contributed by atoms with E-state index in [0.29, 0.717) is 22.6 Å². The molecule has 1 aliphatic heterocycles. The number of carbonyl (C=O) groups excluding carboxylic acids is 2. The normalized spacial score (nSPS) is 16.7. The summed E-state index contributed by atoms with van der Waals surface area (Å²) < 4.78 is 0. The van der Waals surface area contributed by atoms with Gasteiger partial charge >= 0.3 is 5.91 Å². The molecule has 0 saturated carbocycles. The molecule has 0 fully saturated rings. The molecule has 6 rings (SSSR count). The number of benzene rings is 5. The number of hydrazone groups is 1. The minimum atomic E-state index is -1.69. The fraction of sp³-hybridized carbons (Fsp3) is 0.0606. The summed E-state index contributed by atoms with van der Waals surface area (Å²) in [5, 5.41) is 14.6. The summed E-state index contributed by atoms with van der Waals surface area (Å²) in [5.41, 5.74) is 2.19. The van der Waals surface area contributed by atoms with Gasteiger partial charge in [-0.05, 0) is 54.1 Å². The second-order valence-electron chi connectivity index (χ2n) is 9.49. The molecule has 5 aromatic carbocycles. The van der Waals surface area contributed by atoms with Gasteiger partial charge in [-0.15, -0.1) is 0 Å². The summed E-state index contributed by atoms with van der Waals surface area (Å²) in [6.07, 6.45) is 0. The highest BCUT2D eigenvalue weighted by Gasteiger charge is 2.54. The number of anilines is 2. The maximum atomic E-state index is 14.5. The molecule has 6 nitrogen and oxygen atoms in total. The van der Waals surface area contributed by atoms with Gasteiger partial charge in [0.15, 0.2) is 0 Å². The number of nitrogens with zero attached hydrogens (tertiary/aromatic N) is 2. The van der Waals surface area contributed by atoms with Crippen LogP contribution in [0.15, 0.2) is 132 Å². The average Bonchev–Trinajstić information content (AvgIpc) is 3.25. The lowest BCUT2D eigenvalue weighted by Gasteiger charge is -2.32. The maximum absolute atomic E-state index is 14.5. The van der Waals surface area contributed by atoms with Crippen molar-refractivity contribution in [3.63, 3.8) is 0 Å². The van der Waals surface area contributed by atoms with Crippen LogP contribution in [-0.2, 0) is 4.79 Å². The van der Waals surface area contributed by atoms with Crippen molar-refractivity contribution in [3.8, 4) is 0 Å². The van der Waals surface area contributed by atoms with E-state index in [1.165, 1.54) is 5.01 Å². The Hall–Kier alpha value is -5.23. The molecule has 0 radical (unpaired) electrons. The van der Waals surface area contributed by atoms with Gasteiger partial charge in [0.05, 0.1) is 5.69 Å². The first-order valence-electron chi connectivity index (χ1n) is 12.7. The molecule has 39 heavy (non-hydrogen) atoms. The minimum Gasteiger partial charge on any atom is -0.350 e. The Bertz CT molecular complexity index is 1690. The Morgan fingerprint density at radius 1 is 0.744 bits per heavy atom. The summed E-state index contributed by atoms with van der Waals surface area (Å²) in [6.45, 7) is 1.96. The highest BCUT2D eigenvalue weighted by Crippen LogP contribution is 2.33. The van der Waals surface area contributed by atoms with Gasteiger partial charge in [0.1, 0.15) is 5.71 Å². The van der Waals surface area contributed by atoms with Gasteiger partial charge in [-0.2, -0.15) is 10.1 Å². The SMILES string of the molecule is Cc1ccc(C(=O)NC2(Nc3ccccc3)C(=O)N(c3ccccc3)N=C2c2cccc3ccccc23)cc1. The van der Waals surface area contributed by atoms with E-state index in [4.69, 9.17) is 5.10 Å². The van der Waals surface area contributed by atoms with Crippen LogP contribution in [0.1, 0.15) is 21.5 Å². The lowest BCUT2D eigenvalue weighted by molar-refractivity contribution is -0.120. The van der Waals surface area contributed by atoms with Gasteiger partial charge in [-0.1, -0.05) is 96.6 Å². The quantitative estimate of drug-likeness (QED) is 0.270. The monoisotopic (exact) mass is 510 g/mol.